The SMILES string of the molecule is O=C1C(NC2CC2)CCN1c1ccc(F)c(Br)c1. The van der Waals surface area contributed by atoms with Gasteiger partial charge < -0.3 is 10.2 Å². The summed E-state index contributed by atoms with van der Waals surface area (Å²) in [7, 11) is 0. The Morgan fingerprint density at radius 2 is 2.11 bits per heavy atom. The average Bonchev–Trinajstić information content (AvgIpc) is 3.09. The van der Waals surface area contributed by atoms with Gasteiger partial charge in [0.2, 0.25) is 5.91 Å². The first kappa shape index (κ1) is 12.1. The second kappa shape index (κ2) is 4.63. The summed E-state index contributed by atoms with van der Waals surface area (Å²) in [6.07, 6.45) is 3.17. The van der Waals surface area contributed by atoms with Crippen molar-refractivity contribution in [3.05, 3.63) is 28.5 Å². The second-order valence-corrected chi connectivity index (χ2v) is 5.72. The Bertz CT molecular complexity index is 490. The van der Waals surface area contributed by atoms with Crippen molar-refractivity contribution >= 4 is 27.5 Å². The van der Waals surface area contributed by atoms with Gasteiger partial charge in [-0.05, 0) is 53.4 Å². The standard InChI is InChI=1S/C13H14BrFN2O/c14-10-7-9(3-4-11(10)15)17-6-5-12(13(17)18)16-8-1-2-8/h3-4,7-8,12,16H,1-2,5-6H2. The van der Waals surface area contributed by atoms with Gasteiger partial charge in [-0.1, -0.05) is 0 Å². The topological polar surface area (TPSA) is 32.3 Å². The van der Waals surface area contributed by atoms with Gasteiger partial charge in [-0.2, -0.15) is 0 Å². The Balaban J connectivity index is 1.76. The molecule has 1 amide bonds. The number of carbonyl (C=O) groups is 1. The summed E-state index contributed by atoms with van der Waals surface area (Å²) in [6.45, 7) is 0.696. The monoisotopic (exact) mass is 312 g/mol. The van der Waals surface area contributed by atoms with Gasteiger partial charge in [-0.3, -0.25) is 4.79 Å². The van der Waals surface area contributed by atoms with Crippen LogP contribution in [-0.4, -0.2) is 24.5 Å². The summed E-state index contributed by atoms with van der Waals surface area (Å²) in [6, 6.07) is 5.15. The minimum Gasteiger partial charge on any atom is -0.311 e. The third-order valence-corrected chi connectivity index (χ3v) is 4.04. The first-order valence-electron chi connectivity index (χ1n) is 6.17. The predicted molar refractivity (Wildman–Crippen MR) is 71.0 cm³/mol. The van der Waals surface area contributed by atoms with Crippen LogP contribution in [0.1, 0.15) is 19.3 Å². The summed E-state index contributed by atoms with van der Waals surface area (Å²) < 4.78 is 13.6. The van der Waals surface area contributed by atoms with Crippen LogP contribution < -0.4 is 10.2 Å². The molecule has 3 rings (SSSR count). The van der Waals surface area contributed by atoms with Crippen LogP contribution in [0, 0.1) is 5.82 Å². The van der Waals surface area contributed by atoms with Crippen molar-refractivity contribution in [3.8, 4) is 0 Å². The number of benzene rings is 1. The molecule has 1 saturated heterocycles. The van der Waals surface area contributed by atoms with Crippen LogP contribution >= 0.6 is 15.9 Å². The first-order valence-corrected chi connectivity index (χ1v) is 6.97. The Labute approximate surface area is 113 Å². The molecule has 1 N–H and O–H groups in total. The number of carbonyl (C=O) groups excluding carboxylic acids is 1. The maximum absolute atomic E-state index is 13.2. The zero-order valence-corrected chi connectivity index (χ0v) is 11.4. The highest BCUT2D eigenvalue weighted by Gasteiger charge is 2.36. The number of halogens is 2. The van der Waals surface area contributed by atoms with Crippen LogP contribution in [0.15, 0.2) is 22.7 Å². The summed E-state index contributed by atoms with van der Waals surface area (Å²) in [4.78, 5) is 13.9. The third kappa shape index (κ3) is 2.29. The molecule has 0 radical (unpaired) electrons. The molecule has 1 aliphatic heterocycles. The molecule has 1 atom stereocenters. The Morgan fingerprint density at radius 1 is 1.33 bits per heavy atom. The van der Waals surface area contributed by atoms with Crippen molar-refractivity contribution < 1.29 is 9.18 Å². The van der Waals surface area contributed by atoms with Gasteiger partial charge in [0, 0.05) is 18.3 Å². The fourth-order valence-electron chi connectivity index (χ4n) is 2.28. The van der Waals surface area contributed by atoms with Crippen LogP contribution in [0.5, 0.6) is 0 Å². The van der Waals surface area contributed by atoms with Crippen LogP contribution in [0.25, 0.3) is 0 Å². The molecule has 1 aromatic carbocycles. The first-order chi connectivity index (χ1) is 8.65. The number of hydrogen-bond donors (Lipinski definition) is 1. The average molecular weight is 313 g/mol. The van der Waals surface area contributed by atoms with Crippen LogP contribution in [0.3, 0.4) is 0 Å². The van der Waals surface area contributed by atoms with Gasteiger partial charge in [0.1, 0.15) is 5.82 Å². The van der Waals surface area contributed by atoms with E-state index in [0.717, 1.165) is 12.1 Å². The van der Waals surface area contributed by atoms with Gasteiger partial charge in [-0.15, -0.1) is 0 Å². The van der Waals surface area contributed by atoms with E-state index in [9.17, 15) is 9.18 Å². The molecular formula is C13H14BrFN2O. The summed E-state index contributed by atoms with van der Waals surface area (Å²) >= 11 is 3.15. The molecule has 0 bridgehead atoms. The van der Waals surface area contributed by atoms with E-state index >= 15 is 0 Å². The van der Waals surface area contributed by atoms with Gasteiger partial charge >= 0.3 is 0 Å². The van der Waals surface area contributed by atoms with E-state index in [2.05, 4.69) is 21.2 Å². The molecule has 0 aromatic heterocycles. The third-order valence-electron chi connectivity index (χ3n) is 3.43. The quantitative estimate of drug-likeness (QED) is 0.930. The molecule has 3 nitrogen and oxygen atoms in total. The van der Waals surface area contributed by atoms with Crippen LogP contribution in [-0.2, 0) is 4.79 Å². The lowest BCUT2D eigenvalue weighted by molar-refractivity contribution is -0.118. The summed E-state index contributed by atoms with van der Waals surface area (Å²) in [5, 5.41) is 3.35. The Morgan fingerprint density at radius 3 is 2.78 bits per heavy atom. The lowest BCUT2D eigenvalue weighted by atomic mass is 10.2. The maximum atomic E-state index is 13.2. The highest BCUT2D eigenvalue weighted by atomic mass is 79.9. The van der Waals surface area contributed by atoms with Gasteiger partial charge in [0.05, 0.1) is 10.5 Å². The highest BCUT2D eigenvalue weighted by Crippen LogP contribution is 2.28. The minimum atomic E-state index is -0.307. The van der Waals surface area contributed by atoms with Crippen molar-refractivity contribution in [1.29, 1.82) is 0 Å². The van der Waals surface area contributed by atoms with Crippen LogP contribution in [0.2, 0.25) is 0 Å². The van der Waals surface area contributed by atoms with Crippen molar-refractivity contribution in [3.63, 3.8) is 0 Å². The van der Waals surface area contributed by atoms with E-state index in [1.54, 1.807) is 17.0 Å². The Hall–Kier alpha value is -0.940. The van der Waals surface area contributed by atoms with Crippen molar-refractivity contribution in [1.82, 2.24) is 5.32 Å². The van der Waals surface area contributed by atoms with Gasteiger partial charge in [0.25, 0.3) is 0 Å². The van der Waals surface area contributed by atoms with Crippen molar-refractivity contribution in [2.24, 2.45) is 0 Å². The van der Waals surface area contributed by atoms with E-state index < -0.39 is 0 Å². The number of nitrogens with zero attached hydrogens (tertiary/aromatic N) is 1. The number of nitrogens with one attached hydrogen (secondary N) is 1. The molecule has 1 aliphatic carbocycles. The number of anilines is 1. The molecule has 96 valence electrons. The highest BCUT2D eigenvalue weighted by molar-refractivity contribution is 9.10. The number of rotatable bonds is 3. The molecule has 1 heterocycles. The molecule has 1 saturated carbocycles. The van der Waals surface area contributed by atoms with E-state index in [0.29, 0.717) is 17.1 Å². The van der Waals surface area contributed by atoms with E-state index in [4.69, 9.17) is 0 Å². The van der Waals surface area contributed by atoms with Crippen molar-refractivity contribution in [2.75, 3.05) is 11.4 Å². The second-order valence-electron chi connectivity index (χ2n) is 4.87. The molecule has 1 unspecified atom stereocenters. The molecule has 5 heteroatoms. The molecule has 1 aromatic rings. The maximum Gasteiger partial charge on any atom is 0.244 e. The smallest absolute Gasteiger partial charge is 0.244 e. The fraction of sp³-hybridized carbons (Fsp3) is 0.462. The summed E-state index contributed by atoms with van der Waals surface area (Å²) in [5.41, 5.74) is 0.758. The summed E-state index contributed by atoms with van der Waals surface area (Å²) in [5.74, 6) is -0.210. The minimum absolute atomic E-state index is 0.0682. The zero-order valence-electron chi connectivity index (χ0n) is 9.83. The number of amides is 1. The van der Waals surface area contributed by atoms with Gasteiger partial charge in [0.15, 0.2) is 0 Å². The molecule has 2 fully saturated rings. The fourth-order valence-corrected chi connectivity index (χ4v) is 2.65. The van der Waals surface area contributed by atoms with Gasteiger partial charge in [-0.25, -0.2) is 4.39 Å². The predicted octanol–water partition coefficient (Wildman–Crippen LogP) is 2.45. The molecular weight excluding hydrogens is 299 g/mol. The molecule has 18 heavy (non-hydrogen) atoms. The molecule has 0 spiro atoms. The Kier molecular flexibility index (Phi) is 3.11. The number of hydrogen-bond acceptors (Lipinski definition) is 2. The normalized spacial score (nSPS) is 23.8. The molecule has 2 aliphatic rings. The zero-order chi connectivity index (χ0) is 12.7. The van der Waals surface area contributed by atoms with E-state index in [-0.39, 0.29) is 17.8 Å². The van der Waals surface area contributed by atoms with Crippen molar-refractivity contribution in [2.45, 2.75) is 31.3 Å². The van der Waals surface area contributed by atoms with E-state index in [1.165, 1.54) is 18.9 Å². The van der Waals surface area contributed by atoms with Crippen LogP contribution in [0.4, 0.5) is 10.1 Å². The largest absolute Gasteiger partial charge is 0.311 e. The van der Waals surface area contributed by atoms with E-state index in [1.807, 2.05) is 0 Å². The lowest BCUT2D eigenvalue weighted by Crippen LogP contribution is -2.39. The lowest BCUT2D eigenvalue weighted by Gasteiger charge is -2.17.